The number of hydrogen-bond donors (Lipinski definition) is 3. The second kappa shape index (κ2) is 10.2. The highest BCUT2D eigenvalue weighted by Crippen LogP contribution is 2.37. The van der Waals surface area contributed by atoms with Gasteiger partial charge in [-0.1, -0.05) is 30.3 Å². The minimum atomic E-state index is -4.84. The molecule has 0 aliphatic carbocycles. The maximum absolute atomic E-state index is 13.8. The Morgan fingerprint density at radius 3 is 2.44 bits per heavy atom. The lowest BCUT2D eigenvalue weighted by molar-refractivity contribution is -0.137. The summed E-state index contributed by atoms with van der Waals surface area (Å²) in [5.74, 6) is -3.14. The topological polar surface area (TPSA) is 87.3 Å². The van der Waals surface area contributed by atoms with Gasteiger partial charge >= 0.3 is 6.18 Å². The van der Waals surface area contributed by atoms with E-state index in [1.54, 1.807) is 12.1 Å². The highest BCUT2D eigenvalue weighted by Gasteiger charge is 2.35. The van der Waals surface area contributed by atoms with Crippen molar-refractivity contribution in [2.75, 3.05) is 16.0 Å². The quantitative estimate of drug-likeness (QED) is 0.385. The number of amides is 3. The third-order valence-corrected chi connectivity index (χ3v) is 5.81. The molecule has 1 atom stereocenters. The number of rotatable bonds is 6. The number of benzene rings is 3. The van der Waals surface area contributed by atoms with Crippen molar-refractivity contribution in [1.29, 1.82) is 0 Å². The molecule has 10 heteroatoms. The number of anilines is 3. The van der Waals surface area contributed by atoms with Gasteiger partial charge in [0.15, 0.2) is 0 Å². The van der Waals surface area contributed by atoms with Crippen LogP contribution in [0.3, 0.4) is 0 Å². The molecule has 3 N–H and O–H groups in total. The number of alkyl halides is 3. The van der Waals surface area contributed by atoms with Crippen LogP contribution in [0.25, 0.3) is 0 Å². The van der Waals surface area contributed by atoms with Crippen molar-refractivity contribution in [3.05, 3.63) is 89.2 Å². The number of para-hydroxylation sites is 1. The van der Waals surface area contributed by atoms with Gasteiger partial charge in [-0.15, -0.1) is 0 Å². The van der Waals surface area contributed by atoms with Crippen molar-refractivity contribution in [3.63, 3.8) is 0 Å². The van der Waals surface area contributed by atoms with Crippen molar-refractivity contribution in [1.82, 2.24) is 0 Å². The van der Waals surface area contributed by atoms with Gasteiger partial charge in [-0.25, -0.2) is 4.39 Å². The molecule has 0 spiro atoms. The Morgan fingerprint density at radius 1 is 0.972 bits per heavy atom. The standard InChI is InChI=1S/C26H21F4N3O3/c27-20-7-3-2-6-18(20)25(36)31-17-10-11-22(19(14-17)26(28,29)30)32-23(34)12-9-16-13-15-5-1-4-8-21(15)33-24(16)35/h1-8,10-11,14,16H,9,12-13H2,(H,31,36)(H,32,34)(H,33,35). The molecule has 3 aromatic carbocycles. The van der Waals surface area contributed by atoms with Crippen LogP contribution in [-0.4, -0.2) is 17.7 Å². The third-order valence-electron chi connectivity index (χ3n) is 5.81. The van der Waals surface area contributed by atoms with E-state index >= 15 is 0 Å². The van der Waals surface area contributed by atoms with Crippen LogP contribution in [0.5, 0.6) is 0 Å². The lowest BCUT2D eigenvalue weighted by atomic mass is 9.89. The number of nitrogens with one attached hydrogen (secondary N) is 3. The van der Waals surface area contributed by atoms with Crippen molar-refractivity contribution in [2.45, 2.75) is 25.4 Å². The first-order valence-corrected chi connectivity index (χ1v) is 11.1. The number of hydrogen-bond acceptors (Lipinski definition) is 3. The molecule has 0 saturated heterocycles. The van der Waals surface area contributed by atoms with Gasteiger partial charge in [0.25, 0.3) is 5.91 Å². The molecule has 1 aliphatic rings. The molecule has 0 saturated carbocycles. The smallest absolute Gasteiger partial charge is 0.326 e. The number of carbonyl (C=O) groups is 3. The third kappa shape index (κ3) is 5.70. The molecule has 0 aromatic heterocycles. The maximum Gasteiger partial charge on any atom is 0.418 e. The lowest BCUT2D eigenvalue weighted by Gasteiger charge is -2.24. The predicted octanol–water partition coefficient (Wildman–Crippen LogP) is 5.63. The number of carbonyl (C=O) groups excluding carboxylic acids is 3. The van der Waals surface area contributed by atoms with E-state index < -0.39 is 41.0 Å². The summed E-state index contributed by atoms with van der Waals surface area (Å²) in [6.45, 7) is 0. The molecule has 0 fully saturated rings. The van der Waals surface area contributed by atoms with Gasteiger partial charge in [0, 0.05) is 23.7 Å². The van der Waals surface area contributed by atoms with Crippen LogP contribution in [0, 0.1) is 11.7 Å². The average molecular weight is 499 g/mol. The van der Waals surface area contributed by atoms with E-state index in [9.17, 15) is 31.9 Å². The molecular formula is C26H21F4N3O3. The van der Waals surface area contributed by atoms with Crippen LogP contribution in [0.4, 0.5) is 34.6 Å². The Morgan fingerprint density at radius 2 is 1.69 bits per heavy atom. The van der Waals surface area contributed by atoms with Crippen LogP contribution in [-0.2, 0) is 22.2 Å². The van der Waals surface area contributed by atoms with Crippen LogP contribution in [0.15, 0.2) is 66.7 Å². The van der Waals surface area contributed by atoms with Crippen molar-refractivity contribution in [2.24, 2.45) is 5.92 Å². The highest BCUT2D eigenvalue weighted by molar-refractivity contribution is 6.04. The summed E-state index contributed by atoms with van der Waals surface area (Å²) < 4.78 is 54.9. The second-order valence-corrected chi connectivity index (χ2v) is 8.33. The fourth-order valence-electron chi connectivity index (χ4n) is 3.97. The van der Waals surface area contributed by atoms with Crippen LogP contribution in [0.2, 0.25) is 0 Å². The van der Waals surface area contributed by atoms with Crippen molar-refractivity contribution >= 4 is 34.8 Å². The zero-order valence-electron chi connectivity index (χ0n) is 18.8. The minimum absolute atomic E-state index is 0.157. The summed E-state index contributed by atoms with van der Waals surface area (Å²) in [5, 5.41) is 7.26. The normalized spacial score (nSPS) is 15.0. The fraction of sp³-hybridized carbons (Fsp3) is 0.192. The largest absolute Gasteiger partial charge is 0.418 e. The first kappa shape index (κ1) is 24.9. The van der Waals surface area contributed by atoms with E-state index in [4.69, 9.17) is 0 Å². The zero-order valence-corrected chi connectivity index (χ0v) is 18.8. The minimum Gasteiger partial charge on any atom is -0.326 e. The van der Waals surface area contributed by atoms with E-state index in [1.807, 2.05) is 12.1 Å². The van der Waals surface area contributed by atoms with E-state index in [0.29, 0.717) is 18.2 Å². The summed E-state index contributed by atoms with van der Waals surface area (Å²) in [7, 11) is 0. The Kier molecular flexibility index (Phi) is 7.05. The summed E-state index contributed by atoms with van der Waals surface area (Å²) in [6, 6.07) is 15.2. The van der Waals surface area contributed by atoms with Gasteiger partial charge in [-0.2, -0.15) is 13.2 Å². The van der Waals surface area contributed by atoms with Crippen LogP contribution >= 0.6 is 0 Å². The molecule has 186 valence electrons. The van der Waals surface area contributed by atoms with Crippen molar-refractivity contribution < 1.29 is 31.9 Å². The molecule has 3 amide bonds. The molecular weight excluding hydrogens is 478 g/mol. The Bertz CT molecular complexity index is 1320. The van der Waals surface area contributed by atoms with Gasteiger partial charge in [0.1, 0.15) is 5.82 Å². The van der Waals surface area contributed by atoms with Crippen molar-refractivity contribution in [3.8, 4) is 0 Å². The predicted molar refractivity (Wildman–Crippen MR) is 126 cm³/mol. The fourth-order valence-corrected chi connectivity index (χ4v) is 3.97. The maximum atomic E-state index is 13.8. The van der Waals surface area contributed by atoms with Gasteiger partial charge in [0.2, 0.25) is 11.8 Å². The molecule has 3 aromatic rings. The molecule has 1 heterocycles. The van der Waals surface area contributed by atoms with Crippen LogP contribution in [0.1, 0.15) is 34.3 Å². The summed E-state index contributed by atoms with van der Waals surface area (Å²) in [6.07, 6.45) is -4.42. The molecule has 1 aliphatic heterocycles. The molecule has 0 bridgehead atoms. The van der Waals surface area contributed by atoms with E-state index in [2.05, 4.69) is 16.0 Å². The zero-order chi connectivity index (χ0) is 25.9. The molecule has 0 radical (unpaired) electrons. The van der Waals surface area contributed by atoms with Gasteiger partial charge in [0.05, 0.1) is 16.8 Å². The van der Waals surface area contributed by atoms with Gasteiger partial charge in [-0.3, -0.25) is 14.4 Å². The van der Waals surface area contributed by atoms with E-state index in [1.165, 1.54) is 24.3 Å². The summed E-state index contributed by atoms with van der Waals surface area (Å²) in [5.41, 5.74) is -0.569. The molecule has 4 rings (SSSR count). The summed E-state index contributed by atoms with van der Waals surface area (Å²) in [4.78, 5) is 37.0. The highest BCUT2D eigenvalue weighted by atomic mass is 19.4. The Labute approximate surface area is 203 Å². The Hall–Kier alpha value is -4.21. The lowest BCUT2D eigenvalue weighted by Crippen LogP contribution is -2.30. The van der Waals surface area contributed by atoms with E-state index in [0.717, 1.165) is 17.7 Å². The van der Waals surface area contributed by atoms with E-state index in [-0.39, 0.29) is 30.0 Å². The first-order chi connectivity index (χ1) is 17.1. The first-order valence-electron chi connectivity index (χ1n) is 11.1. The molecule has 36 heavy (non-hydrogen) atoms. The average Bonchev–Trinajstić information content (AvgIpc) is 2.83. The SMILES string of the molecule is O=C(CCC1Cc2ccccc2NC1=O)Nc1ccc(NC(=O)c2ccccc2F)cc1C(F)(F)F. The Balaban J connectivity index is 1.43. The second-order valence-electron chi connectivity index (χ2n) is 8.33. The molecule has 1 unspecified atom stereocenters. The number of fused-ring (bicyclic) bond motifs is 1. The summed E-state index contributed by atoms with van der Waals surface area (Å²) >= 11 is 0. The number of halogens is 4. The van der Waals surface area contributed by atoms with Gasteiger partial charge < -0.3 is 16.0 Å². The monoisotopic (exact) mass is 499 g/mol. The van der Waals surface area contributed by atoms with Crippen LogP contribution < -0.4 is 16.0 Å². The van der Waals surface area contributed by atoms with Gasteiger partial charge in [-0.05, 0) is 54.8 Å². The molecule has 6 nitrogen and oxygen atoms in total.